The average molecular weight is 568 g/mol. The van der Waals surface area contributed by atoms with Crippen molar-refractivity contribution >= 4 is 40.6 Å². The molecule has 11 heteroatoms. The molecule has 6 atom stereocenters. The molecule has 0 radical (unpaired) electrons. The highest BCUT2D eigenvalue weighted by Crippen LogP contribution is 2.71. The Bertz CT molecular complexity index is 1330. The van der Waals surface area contributed by atoms with Crippen LogP contribution < -0.4 is 0 Å². The van der Waals surface area contributed by atoms with E-state index in [0.717, 1.165) is 11.9 Å². The van der Waals surface area contributed by atoms with Crippen molar-refractivity contribution in [3.8, 4) is 0 Å². The Morgan fingerprint density at radius 2 is 2.08 bits per heavy atom. The molecule has 0 aliphatic carbocycles. The van der Waals surface area contributed by atoms with Gasteiger partial charge in [0.05, 0.1) is 41.4 Å². The van der Waals surface area contributed by atoms with Crippen LogP contribution in [0.25, 0.3) is 11.0 Å². The predicted octanol–water partition coefficient (Wildman–Crippen LogP) is 2.77. The highest BCUT2D eigenvalue weighted by Gasteiger charge is 2.78. The minimum Gasteiger partial charge on any atom is -0.465 e. The van der Waals surface area contributed by atoms with Crippen LogP contribution in [-0.4, -0.2) is 89.0 Å². The van der Waals surface area contributed by atoms with Crippen LogP contribution in [0.2, 0.25) is 0 Å². The number of nitrogens with zero attached hydrogens (tertiary/aromatic N) is 5. The number of benzene rings is 1. The molecule has 1 N–H and O–H groups in total. The molecule has 3 fully saturated rings. The fraction of sp³-hybridized carbons (Fsp3) is 0.552. The number of aromatic nitrogens is 3. The molecule has 2 unspecified atom stereocenters. The second-order valence-corrected chi connectivity index (χ2v) is 13.1. The highest BCUT2D eigenvalue weighted by atomic mass is 32.2. The molecule has 2 aromatic rings. The Labute approximate surface area is 238 Å². The monoisotopic (exact) mass is 567 g/mol. The van der Waals surface area contributed by atoms with Gasteiger partial charge in [-0.05, 0) is 51.7 Å². The van der Waals surface area contributed by atoms with E-state index < -0.39 is 33.4 Å². The zero-order valence-corrected chi connectivity index (χ0v) is 23.9. The number of fused-ring (bicyclic) bond motifs is 2. The van der Waals surface area contributed by atoms with E-state index in [1.54, 1.807) is 40.4 Å². The van der Waals surface area contributed by atoms with Gasteiger partial charge in [-0.1, -0.05) is 29.5 Å². The molecule has 10 nitrogen and oxygen atoms in total. The summed E-state index contributed by atoms with van der Waals surface area (Å²) in [6.45, 7) is 11.6. The molecule has 214 valence electrons. The molecule has 3 saturated heterocycles. The quantitative estimate of drug-likeness (QED) is 0.236. The summed E-state index contributed by atoms with van der Waals surface area (Å²) in [5.74, 6) is -2.29. The summed E-state index contributed by atoms with van der Waals surface area (Å²) in [6, 6.07) is 6.05. The summed E-state index contributed by atoms with van der Waals surface area (Å²) >= 11 is 1.58. The van der Waals surface area contributed by atoms with E-state index >= 15 is 0 Å². The molecule has 1 aromatic carbocycles. The van der Waals surface area contributed by atoms with Gasteiger partial charge in [0.15, 0.2) is 0 Å². The zero-order chi connectivity index (χ0) is 28.7. The summed E-state index contributed by atoms with van der Waals surface area (Å²) in [5.41, 5.74) is 1.50. The second kappa shape index (κ2) is 11.0. The van der Waals surface area contributed by atoms with E-state index in [9.17, 15) is 19.5 Å². The van der Waals surface area contributed by atoms with Gasteiger partial charge in [-0.3, -0.25) is 14.4 Å². The zero-order valence-electron chi connectivity index (χ0n) is 23.1. The number of amides is 2. The summed E-state index contributed by atoms with van der Waals surface area (Å²) < 4.78 is 6.00. The van der Waals surface area contributed by atoms with Crippen molar-refractivity contribution in [2.45, 2.75) is 67.8 Å². The van der Waals surface area contributed by atoms with Crippen LogP contribution in [0.3, 0.4) is 0 Å². The number of ether oxygens (including phenoxy) is 1. The van der Waals surface area contributed by atoms with Crippen LogP contribution >= 0.6 is 11.8 Å². The van der Waals surface area contributed by atoms with Gasteiger partial charge in [-0.25, -0.2) is 4.68 Å². The van der Waals surface area contributed by atoms with Crippen molar-refractivity contribution in [2.24, 2.45) is 11.8 Å². The maximum Gasteiger partial charge on any atom is 0.311 e. The van der Waals surface area contributed by atoms with E-state index in [1.165, 1.54) is 4.90 Å². The van der Waals surface area contributed by atoms with Crippen LogP contribution in [0, 0.1) is 11.8 Å². The molecule has 2 bridgehead atoms. The maximum absolute atomic E-state index is 14.5. The molecular weight excluding hydrogens is 530 g/mol. The normalized spacial score (nSPS) is 29.4. The Hall–Kier alpha value is -3.18. The van der Waals surface area contributed by atoms with E-state index in [-0.39, 0.29) is 44.2 Å². The number of esters is 1. The van der Waals surface area contributed by atoms with Crippen LogP contribution in [-0.2, 0) is 25.8 Å². The molecular formula is C29H37N5O5S. The Morgan fingerprint density at radius 1 is 1.30 bits per heavy atom. The van der Waals surface area contributed by atoms with Crippen molar-refractivity contribution in [2.75, 3.05) is 19.8 Å². The molecule has 1 spiro atoms. The fourth-order valence-corrected chi connectivity index (χ4v) is 9.11. The van der Waals surface area contributed by atoms with E-state index in [1.807, 2.05) is 31.2 Å². The van der Waals surface area contributed by atoms with Crippen LogP contribution in [0.5, 0.6) is 0 Å². The third-order valence-electron chi connectivity index (χ3n) is 8.62. The molecule has 3 aliphatic rings. The van der Waals surface area contributed by atoms with Gasteiger partial charge in [-0.2, -0.15) is 0 Å². The van der Waals surface area contributed by atoms with Crippen molar-refractivity contribution in [3.05, 3.63) is 49.6 Å². The number of rotatable bonds is 12. The number of allylic oxidation sites excluding steroid dienone is 1. The Balaban J connectivity index is 1.50. The lowest BCUT2D eigenvalue weighted by atomic mass is 9.66. The number of hydrogen-bond acceptors (Lipinski definition) is 8. The van der Waals surface area contributed by atoms with Gasteiger partial charge >= 0.3 is 5.97 Å². The topological polar surface area (TPSA) is 118 Å². The van der Waals surface area contributed by atoms with Crippen molar-refractivity contribution in [1.29, 1.82) is 0 Å². The van der Waals surface area contributed by atoms with E-state index in [0.29, 0.717) is 24.8 Å². The largest absolute Gasteiger partial charge is 0.465 e. The number of carbonyl (C=O) groups excluding carboxylic acids is 3. The first-order valence-corrected chi connectivity index (χ1v) is 14.6. The number of para-hydroxylation sites is 1. The second-order valence-electron chi connectivity index (χ2n) is 11.2. The van der Waals surface area contributed by atoms with Crippen molar-refractivity contribution < 1.29 is 24.2 Å². The molecule has 1 aromatic heterocycles. The number of thioether (sulfide) groups is 1. The lowest BCUT2D eigenvalue weighted by Gasteiger charge is -2.38. The first-order valence-electron chi connectivity index (χ1n) is 13.8. The molecule has 3 aliphatic heterocycles. The van der Waals surface area contributed by atoms with Crippen molar-refractivity contribution in [3.63, 3.8) is 0 Å². The average Bonchev–Trinajstić information content (AvgIpc) is 3.65. The predicted molar refractivity (Wildman–Crippen MR) is 152 cm³/mol. The number of carbonyl (C=O) groups is 3. The van der Waals surface area contributed by atoms with Gasteiger partial charge in [0.2, 0.25) is 11.8 Å². The summed E-state index contributed by atoms with van der Waals surface area (Å²) in [5, 5.41) is 18.6. The first-order chi connectivity index (χ1) is 19.2. The number of aliphatic hydroxyl groups excluding tert-OH is 1. The molecule has 2 amide bonds. The van der Waals surface area contributed by atoms with Crippen LogP contribution in [0.1, 0.15) is 39.5 Å². The van der Waals surface area contributed by atoms with Crippen molar-refractivity contribution in [1.82, 2.24) is 24.8 Å². The van der Waals surface area contributed by atoms with Gasteiger partial charge in [0, 0.05) is 11.3 Å². The minimum atomic E-state index is -0.854. The maximum atomic E-state index is 14.5. The van der Waals surface area contributed by atoms with E-state index in [2.05, 4.69) is 23.5 Å². The van der Waals surface area contributed by atoms with Crippen LogP contribution in [0.15, 0.2) is 49.6 Å². The smallest absolute Gasteiger partial charge is 0.311 e. The summed E-state index contributed by atoms with van der Waals surface area (Å²) in [7, 11) is 0. The third-order valence-corrected chi connectivity index (χ3v) is 10.6. The lowest BCUT2D eigenvalue weighted by molar-refractivity contribution is -0.156. The molecule has 40 heavy (non-hydrogen) atoms. The fourth-order valence-electron chi connectivity index (χ4n) is 6.78. The minimum absolute atomic E-state index is 0.120. The van der Waals surface area contributed by atoms with E-state index in [4.69, 9.17) is 4.74 Å². The number of aliphatic hydroxyl groups is 1. The van der Waals surface area contributed by atoms with Gasteiger partial charge in [0.25, 0.3) is 0 Å². The van der Waals surface area contributed by atoms with Crippen LogP contribution in [0.4, 0.5) is 0 Å². The summed E-state index contributed by atoms with van der Waals surface area (Å²) in [4.78, 5) is 45.3. The van der Waals surface area contributed by atoms with Gasteiger partial charge in [-0.15, -0.1) is 30.0 Å². The van der Waals surface area contributed by atoms with Gasteiger partial charge in [0.1, 0.15) is 18.2 Å². The molecule has 4 heterocycles. The number of likely N-dealkylation sites (tertiary alicyclic amines) is 1. The SMILES string of the molecule is C=CCCCOC(=O)[C@@H]1[C@H]2C(=O)N([C@H](C)CO)C(C(=O)N(CC=C)Cn3nnc4ccccc43)C23CC[C@@]1(C)S3. The molecule has 5 rings (SSSR count). The lowest BCUT2D eigenvalue weighted by Crippen LogP contribution is -2.57. The Morgan fingerprint density at radius 3 is 2.80 bits per heavy atom. The highest BCUT2D eigenvalue weighted by molar-refractivity contribution is 8.02. The first kappa shape index (κ1) is 28.4. The number of unbranched alkanes of at least 4 members (excludes halogenated alkanes) is 1. The third kappa shape index (κ3) is 4.43. The molecule has 0 saturated carbocycles. The summed E-state index contributed by atoms with van der Waals surface area (Å²) in [6.07, 6.45) is 6.12. The Kier molecular flexibility index (Phi) is 7.80. The standard InChI is InChI=1S/C29H37N5O5S/c1-5-7-10-16-39-27(38)23-22-25(36)34(19(3)17-35)24(29(22)14-13-28(23,4)40-29)26(37)32(15-6-2)18-33-21-12-9-8-11-20(21)30-31-33/h5-6,8-9,11-12,19,22-24,35H,1-2,7,10,13-18H2,3-4H3/t19-,22+,23+,24?,28-,29?/m1/s1. The van der Waals surface area contributed by atoms with Gasteiger partial charge < -0.3 is 19.6 Å². The number of hydrogen-bond donors (Lipinski definition) is 1.